The molecule has 5 rings (SSSR count). The summed E-state index contributed by atoms with van der Waals surface area (Å²) in [6.45, 7) is 9.03. The van der Waals surface area contributed by atoms with Crippen molar-refractivity contribution in [2.75, 3.05) is 0 Å². The molecular formula is C50H60N4S2Si. The fraction of sp³-hybridized carbons (Fsp3) is 0.480. The maximum atomic E-state index is 9.94. The highest BCUT2D eigenvalue weighted by atomic mass is 32.1. The fourth-order valence-electron chi connectivity index (χ4n) is 8.85. The Morgan fingerprint density at radius 2 is 0.842 bits per heavy atom. The SMILES string of the molecule is CCCCCCc1c/c(=c2\ccc3c(c2)[Si](CCCCCC)(CCCCCC)c2c/c(=c4/cc(CCCCCC)c(=C(C#N)C#N)s4)ccc2=3)sc1=C(C#N)C#N. The highest BCUT2D eigenvalue weighted by molar-refractivity contribution is 7.08. The van der Waals surface area contributed by atoms with Gasteiger partial charge in [0.05, 0.1) is 9.06 Å². The quantitative estimate of drug-likeness (QED) is 0.0656. The van der Waals surface area contributed by atoms with Crippen LogP contribution in [0.1, 0.15) is 142 Å². The second-order valence-electron chi connectivity index (χ2n) is 16.0. The van der Waals surface area contributed by atoms with E-state index in [1.807, 2.05) is 0 Å². The lowest BCUT2D eigenvalue weighted by Gasteiger charge is -2.31. The Bertz CT molecular complexity index is 2400. The molecule has 0 spiro atoms. The summed E-state index contributed by atoms with van der Waals surface area (Å²) in [4.78, 5) is 0. The topological polar surface area (TPSA) is 95.2 Å². The highest BCUT2D eigenvalue weighted by Gasteiger charge is 2.41. The molecule has 3 heterocycles. The lowest BCUT2D eigenvalue weighted by molar-refractivity contribution is 0.666. The van der Waals surface area contributed by atoms with Gasteiger partial charge in [0.2, 0.25) is 0 Å². The van der Waals surface area contributed by atoms with Gasteiger partial charge < -0.3 is 0 Å². The monoisotopic (exact) mass is 808 g/mol. The molecule has 0 saturated carbocycles. The molecule has 0 fully saturated rings. The molecule has 0 unspecified atom stereocenters. The Labute approximate surface area is 349 Å². The van der Waals surface area contributed by atoms with Crippen LogP contribution in [0, 0.1) is 75.3 Å². The van der Waals surface area contributed by atoms with Crippen molar-refractivity contribution >= 4 is 52.3 Å². The van der Waals surface area contributed by atoms with E-state index in [4.69, 9.17) is 0 Å². The molecule has 7 heteroatoms. The Kier molecular flexibility index (Phi) is 17.0. The fourth-order valence-corrected chi connectivity index (χ4v) is 16.8. The summed E-state index contributed by atoms with van der Waals surface area (Å²) in [6, 6.07) is 30.1. The molecule has 1 aliphatic rings. The lowest BCUT2D eigenvalue weighted by Crippen LogP contribution is -2.56. The third-order valence-corrected chi connectivity index (χ3v) is 19.8. The molecule has 0 N–H and O–H groups in total. The highest BCUT2D eigenvalue weighted by Crippen LogP contribution is 2.29. The maximum Gasteiger partial charge on any atom is 0.147 e. The smallest absolute Gasteiger partial charge is 0.147 e. The molecule has 2 aromatic carbocycles. The number of thiophene rings is 2. The van der Waals surface area contributed by atoms with E-state index in [0.717, 1.165) is 67.8 Å². The first-order valence-corrected chi connectivity index (χ1v) is 25.9. The lowest BCUT2D eigenvalue weighted by atomic mass is 10.1. The van der Waals surface area contributed by atoms with E-state index in [0.29, 0.717) is 0 Å². The van der Waals surface area contributed by atoms with Gasteiger partial charge in [-0.2, -0.15) is 21.0 Å². The van der Waals surface area contributed by atoms with Crippen molar-refractivity contribution in [3.8, 4) is 24.3 Å². The Morgan fingerprint density at radius 1 is 0.474 bits per heavy atom. The van der Waals surface area contributed by atoms with E-state index in [1.165, 1.54) is 110 Å². The van der Waals surface area contributed by atoms with E-state index in [9.17, 15) is 21.0 Å². The van der Waals surface area contributed by atoms with Crippen molar-refractivity contribution in [2.45, 2.75) is 155 Å². The van der Waals surface area contributed by atoms with Crippen LogP contribution in [0.4, 0.5) is 0 Å². The van der Waals surface area contributed by atoms with Crippen LogP contribution in [0.5, 0.6) is 0 Å². The number of hydrogen-bond donors (Lipinski definition) is 0. The number of unbranched alkanes of at least 4 members (excludes halogenated alkanes) is 12. The molecule has 296 valence electrons. The summed E-state index contributed by atoms with van der Waals surface area (Å²) >= 11 is 3.23. The number of hydrogen-bond acceptors (Lipinski definition) is 6. The molecule has 4 nitrogen and oxygen atoms in total. The van der Waals surface area contributed by atoms with Crippen LogP contribution in [-0.4, -0.2) is 8.07 Å². The summed E-state index contributed by atoms with van der Waals surface area (Å²) in [5.41, 5.74) is 2.72. The summed E-state index contributed by atoms with van der Waals surface area (Å²) < 4.78 is 3.99. The van der Waals surface area contributed by atoms with Crippen LogP contribution < -0.4 is 19.4 Å². The number of nitrogens with zero attached hydrogens (tertiary/aromatic N) is 4. The van der Waals surface area contributed by atoms with Gasteiger partial charge >= 0.3 is 0 Å². The van der Waals surface area contributed by atoms with Crippen molar-refractivity contribution in [3.63, 3.8) is 0 Å². The third-order valence-electron chi connectivity index (χ3n) is 12.0. The molecule has 0 radical (unpaired) electrons. The van der Waals surface area contributed by atoms with Gasteiger partial charge in [-0.3, -0.25) is 0 Å². The van der Waals surface area contributed by atoms with E-state index >= 15 is 0 Å². The van der Waals surface area contributed by atoms with E-state index in [2.05, 4.69) is 101 Å². The van der Waals surface area contributed by atoms with E-state index < -0.39 is 8.07 Å². The van der Waals surface area contributed by atoms with Crippen molar-refractivity contribution in [1.82, 2.24) is 0 Å². The number of benzene rings is 2. The molecule has 57 heavy (non-hydrogen) atoms. The number of fused-ring (bicyclic) bond motifs is 2. The normalized spacial score (nSPS) is 13.5. The zero-order valence-corrected chi connectivity index (χ0v) is 37.5. The van der Waals surface area contributed by atoms with Crippen LogP contribution in [0.15, 0.2) is 48.5 Å². The Hall–Kier alpha value is -4.24. The number of aryl methyl sites for hydroxylation is 2. The summed E-state index contributed by atoms with van der Waals surface area (Å²) in [5.74, 6) is 0. The van der Waals surface area contributed by atoms with Crippen LogP contribution in [0.2, 0.25) is 12.1 Å². The first kappa shape index (κ1) is 43.9. The second-order valence-corrected chi connectivity index (χ2v) is 22.3. The van der Waals surface area contributed by atoms with Crippen molar-refractivity contribution in [2.24, 2.45) is 0 Å². The second kappa shape index (κ2) is 22.1. The van der Waals surface area contributed by atoms with Gasteiger partial charge in [-0.05, 0) is 92.3 Å². The molecule has 0 atom stereocenters. The maximum absolute atomic E-state index is 9.94. The summed E-state index contributed by atoms with van der Waals surface area (Å²) in [6.07, 6.45) is 20.8. The first-order valence-electron chi connectivity index (χ1n) is 21.8. The van der Waals surface area contributed by atoms with Crippen LogP contribution in [-0.2, 0) is 12.8 Å². The van der Waals surface area contributed by atoms with Crippen LogP contribution >= 0.6 is 22.7 Å². The molecule has 0 bridgehead atoms. The van der Waals surface area contributed by atoms with Crippen molar-refractivity contribution < 1.29 is 0 Å². The molecule has 0 amide bonds. The van der Waals surface area contributed by atoms with Crippen molar-refractivity contribution in [3.05, 3.63) is 98.7 Å². The van der Waals surface area contributed by atoms with Gasteiger partial charge in [0, 0.05) is 9.06 Å². The Morgan fingerprint density at radius 3 is 1.19 bits per heavy atom. The van der Waals surface area contributed by atoms with Gasteiger partial charge in [-0.15, -0.1) is 22.7 Å². The van der Waals surface area contributed by atoms with Gasteiger partial charge in [-0.1, -0.05) is 154 Å². The van der Waals surface area contributed by atoms with Crippen LogP contribution in [0.3, 0.4) is 0 Å². The largest absolute Gasteiger partial charge is 0.192 e. The average molecular weight is 809 g/mol. The Balaban J connectivity index is 1.81. The van der Waals surface area contributed by atoms with E-state index in [-0.39, 0.29) is 11.1 Å². The van der Waals surface area contributed by atoms with Gasteiger partial charge in [0.15, 0.2) is 0 Å². The van der Waals surface area contributed by atoms with Gasteiger partial charge in [0.1, 0.15) is 43.5 Å². The van der Waals surface area contributed by atoms with Gasteiger partial charge in [-0.25, -0.2) is 0 Å². The first-order chi connectivity index (χ1) is 27.9. The molecule has 1 aliphatic heterocycles. The summed E-state index contributed by atoms with van der Waals surface area (Å²) in [5, 5.41) is 48.0. The third kappa shape index (κ3) is 10.3. The zero-order valence-electron chi connectivity index (χ0n) is 34.9. The minimum Gasteiger partial charge on any atom is -0.192 e. The minimum atomic E-state index is -2.26. The zero-order chi connectivity index (χ0) is 40.6. The molecule has 0 saturated heterocycles. The minimum absolute atomic E-state index is 0.225. The number of nitriles is 4. The van der Waals surface area contributed by atoms with E-state index in [1.54, 1.807) is 33.0 Å². The molecule has 0 aliphatic carbocycles. The molecule has 4 aromatic rings. The standard InChI is InChI=1S/C50H60N4S2Si/c1-5-9-13-17-21-39-29-45(55-49(39)41(33-51)34-52)37-23-25-43-44-26-24-38(46-30-40(22-18-14-10-6-2)50(56-46)42(35-53)36-54)32-48(44)57(47(43)31-37,27-19-15-11-7-3)28-20-16-12-8-4/h23-26,29-32H,5-22,27-28H2,1-4H3/b45-37-,46-38-. The number of rotatable bonds is 20. The predicted molar refractivity (Wildman–Crippen MR) is 242 cm³/mol. The molecule has 2 aromatic heterocycles. The van der Waals surface area contributed by atoms with Gasteiger partial charge in [0.25, 0.3) is 0 Å². The molecular weight excluding hydrogens is 749 g/mol. The van der Waals surface area contributed by atoms with Crippen LogP contribution in [0.25, 0.3) is 11.1 Å². The predicted octanol–water partition coefficient (Wildman–Crippen LogP) is 11.3. The average Bonchev–Trinajstić information content (AvgIpc) is 3.93. The van der Waals surface area contributed by atoms with Crippen molar-refractivity contribution in [1.29, 1.82) is 21.0 Å². The summed E-state index contributed by atoms with van der Waals surface area (Å²) in [7, 11) is -2.26.